The molecule has 0 saturated carbocycles. The quantitative estimate of drug-likeness (QED) is 0.0241. The van der Waals surface area contributed by atoms with Gasteiger partial charge in [0, 0.05) is 75.5 Å². The van der Waals surface area contributed by atoms with Gasteiger partial charge in [0.15, 0.2) is 11.6 Å². The summed E-state index contributed by atoms with van der Waals surface area (Å²) >= 11 is 0. The number of nitrogens with zero attached hydrogens (tertiary/aromatic N) is 4. The molecule has 8 N–H and O–H groups in total. The average molecular weight is 1390 g/mol. The molecule has 2 aromatic rings. The first-order chi connectivity index (χ1) is 39.8. The van der Waals surface area contributed by atoms with Crippen molar-refractivity contribution in [2.24, 2.45) is 17.6 Å². The van der Waals surface area contributed by atoms with E-state index in [2.05, 4.69) is 43.5 Å². The van der Waals surface area contributed by atoms with E-state index in [1.54, 1.807) is 52.7 Å². The Bertz CT molecular complexity index is 1940. The van der Waals surface area contributed by atoms with E-state index in [1.165, 1.54) is 35.6 Å². The molecule has 2 rings (SSSR count). The number of rotatable bonds is 39. The molecule has 96 heavy (non-hydrogen) atoms. The molecular formula is C73H162N10O13. The van der Waals surface area contributed by atoms with Crippen molar-refractivity contribution >= 4 is 53.2 Å². The van der Waals surface area contributed by atoms with Gasteiger partial charge in [-0.25, -0.2) is 33.5 Å². The van der Waals surface area contributed by atoms with E-state index in [4.69, 9.17) is 25.1 Å². The number of Topliss-reactive ketones (excluding diaryl/α,β-unsaturated/α-hetero) is 4. The number of aromatic nitrogens is 4. The first-order valence-corrected chi connectivity index (χ1v) is 30.3. The third kappa shape index (κ3) is 68.0. The van der Waals surface area contributed by atoms with Crippen molar-refractivity contribution in [3.05, 3.63) is 37.4 Å². The number of hydrogen-bond donors (Lipinski definition) is 7. The van der Waals surface area contributed by atoms with E-state index in [0.717, 1.165) is 77.0 Å². The molecule has 0 bridgehead atoms. The minimum atomic E-state index is -0.517. The van der Waals surface area contributed by atoms with Crippen LogP contribution in [0.1, 0.15) is 301 Å². The van der Waals surface area contributed by atoms with Crippen molar-refractivity contribution in [3.8, 4) is 0 Å². The third-order valence-corrected chi connectivity index (χ3v) is 12.9. The second-order valence-electron chi connectivity index (χ2n) is 19.9. The Morgan fingerprint density at radius 1 is 0.479 bits per heavy atom. The molecule has 0 radical (unpaired) electrons. The zero-order chi connectivity index (χ0) is 63.2. The normalized spacial score (nSPS) is 10.9. The van der Waals surface area contributed by atoms with Crippen molar-refractivity contribution in [1.82, 2.24) is 45.7 Å². The largest absolute Gasteiger partial charge is 0.450 e. The zero-order valence-electron chi connectivity index (χ0n) is 52.7. The fourth-order valence-corrected chi connectivity index (χ4v) is 7.73. The molecule has 6 atom stereocenters. The van der Waals surface area contributed by atoms with Gasteiger partial charge in [-0.3, -0.25) is 28.8 Å². The number of unbranched alkanes of at least 4 members (excludes halogenated alkanes) is 6. The minimum Gasteiger partial charge on any atom is -0.450 e. The molecule has 582 valence electrons. The number of ketones is 4. The first-order valence-electron chi connectivity index (χ1n) is 30.3. The van der Waals surface area contributed by atoms with Gasteiger partial charge in [0.25, 0.3) is 0 Å². The maximum atomic E-state index is 12.9. The van der Waals surface area contributed by atoms with Crippen LogP contribution in [-0.4, -0.2) is 155 Å². The van der Waals surface area contributed by atoms with E-state index in [-0.39, 0.29) is 180 Å². The van der Waals surface area contributed by atoms with Gasteiger partial charge < -0.3 is 51.6 Å². The summed E-state index contributed by atoms with van der Waals surface area (Å²) in [5, 5.41) is 22.6. The number of aliphatic hydroxyl groups is 1. The van der Waals surface area contributed by atoms with Crippen LogP contribution in [0.2, 0.25) is 0 Å². The van der Waals surface area contributed by atoms with Crippen LogP contribution >= 0.6 is 0 Å². The molecule has 6 unspecified atom stereocenters. The molecular weight excluding hydrogens is 1220 g/mol. The second-order valence-corrected chi connectivity index (χ2v) is 19.9. The van der Waals surface area contributed by atoms with Crippen LogP contribution in [0.15, 0.2) is 37.4 Å². The van der Waals surface area contributed by atoms with Crippen LogP contribution < -0.4 is 32.3 Å². The Morgan fingerprint density at radius 2 is 0.844 bits per heavy atom. The summed E-state index contributed by atoms with van der Waals surface area (Å²) in [6.07, 6.45) is 23.3. The first kappa shape index (κ1) is 130. The molecule has 0 fully saturated rings. The molecule has 0 aliphatic rings. The van der Waals surface area contributed by atoms with E-state index in [0.29, 0.717) is 84.5 Å². The lowest BCUT2D eigenvalue weighted by Crippen LogP contribution is -2.53. The second kappa shape index (κ2) is 89.1. The lowest BCUT2D eigenvalue weighted by Gasteiger charge is -2.27. The number of imidazole rings is 2. The summed E-state index contributed by atoms with van der Waals surface area (Å²) in [7, 11) is 3.41. The maximum absolute atomic E-state index is 12.9. The molecule has 0 spiro atoms. The lowest BCUT2D eigenvalue weighted by atomic mass is 9.88. The van der Waals surface area contributed by atoms with Crippen molar-refractivity contribution in [2.45, 2.75) is 325 Å². The number of amides is 3. The summed E-state index contributed by atoms with van der Waals surface area (Å²) in [4.78, 5) is 114. The zero-order valence-corrected chi connectivity index (χ0v) is 52.7. The van der Waals surface area contributed by atoms with Crippen molar-refractivity contribution < 1.29 is 62.5 Å². The standard InChI is InChI=1S/C23H43N3O5.C17H33N3O3.2C8H12N2O2.C4H10O.13CH4/c1-6-9-15-31-23(30)25-14-11-10-13-18(17(4)27)16-20(28)22(24-5)19(12-7-2)26-21(29)8-3;1-5-14(20-16(23)6-2)17(19-4)15(22)11-13(12(3)21)9-7-8-10-18;2*1-2-3-6-12-8(11)10-5-4-9-7-10;1-2-3-4-5;;;;;;;;;;;;;/h18-19,22,24H,6-16H2,1-5H3,(H,25,30)(H,26,29);13-14,17,19H,5-11,18H2,1-4H3,(H,20,23);2*4-5,7H,2-3,6H2,1H3;5H,2-4H2,1H3;13*1H4. The van der Waals surface area contributed by atoms with Crippen molar-refractivity contribution in [2.75, 3.05) is 53.6 Å². The number of ether oxygens (including phenoxy) is 3. The van der Waals surface area contributed by atoms with Crippen molar-refractivity contribution in [3.63, 3.8) is 0 Å². The van der Waals surface area contributed by atoms with Crippen LogP contribution in [0.4, 0.5) is 14.4 Å². The Hall–Kier alpha value is -5.91. The van der Waals surface area contributed by atoms with Gasteiger partial charge in [0.2, 0.25) is 11.8 Å². The van der Waals surface area contributed by atoms with Crippen LogP contribution in [0, 0.1) is 11.8 Å². The third-order valence-electron chi connectivity index (χ3n) is 12.9. The number of nitrogens with one attached hydrogen (secondary N) is 5. The van der Waals surface area contributed by atoms with Crippen LogP contribution in [-0.2, 0) is 43.0 Å². The smallest absolute Gasteiger partial charge is 0.419 e. The van der Waals surface area contributed by atoms with Gasteiger partial charge in [-0.15, -0.1) is 0 Å². The maximum Gasteiger partial charge on any atom is 0.419 e. The fraction of sp³-hybridized carbons (Fsp3) is 0.795. The summed E-state index contributed by atoms with van der Waals surface area (Å²) in [6.45, 7) is 21.5. The van der Waals surface area contributed by atoms with Gasteiger partial charge >= 0.3 is 18.3 Å². The van der Waals surface area contributed by atoms with E-state index in [1.807, 2.05) is 34.6 Å². The van der Waals surface area contributed by atoms with E-state index >= 15 is 0 Å². The van der Waals surface area contributed by atoms with Gasteiger partial charge in [0.05, 0.1) is 44.0 Å². The number of alkyl carbamates (subject to hydrolysis) is 1. The minimum absolute atomic E-state index is 0. The molecule has 0 aliphatic heterocycles. The highest BCUT2D eigenvalue weighted by Gasteiger charge is 2.31. The van der Waals surface area contributed by atoms with Gasteiger partial charge in [-0.1, -0.05) is 197 Å². The molecule has 2 heterocycles. The molecule has 23 nitrogen and oxygen atoms in total. The van der Waals surface area contributed by atoms with Gasteiger partial charge in [-0.2, -0.15) is 0 Å². The molecule has 0 aliphatic carbocycles. The predicted octanol–water partition coefficient (Wildman–Crippen LogP) is 16.7. The van der Waals surface area contributed by atoms with Gasteiger partial charge in [-0.05, 0) is 98.7 Å². The molecule has 0 saturated heterocycles. The summed E-state index contributed by atoms with van der Waals surface area (Å²) in [5.74, 6) is -0.839. The number of nitrogens with two attached hydrogens (primary N) is 1. The Balaban J connectivity index is -0.0000000624. The van der Waals surface area contributed by atoms with Crippen LogP contribution in [0.25, 0.3) is 0 Å². The fourth-order valence-electron chi connectivity index (χ4n) is 7.73. The summed E-state index contributed by atoms with van der Waals surface area (Å²) in [6, 6.07) is -1.52. The number of aliphatic hydroxyl groups excluding tert-OH is 1. The summed E-state index contributed by atoms with van der Waals surface area (Å²) < 4.78 is 17.5. The predicted molar refractivity (Wildman–Crippen MR) is 411 cm³/mol. The molecule has 23 heteroatoms. The number of likely N-dealkylation sites (N-methyl/N-ethyl adjacent to an activating group) is 2. The van der Waals surface area contributed by atoms with Crippen LogP contribution in [0.3, 0.4) is 0 Å². The number of carbonyl (C=O) groups excluding carboxylic acids is 9. The van der Waals surface area contributed by atoms with Gasteiger partial charge in [0.1, 0.15) is 24.2 Å². The highest BCUT2D eigenvalue weighted by atomic mass is 16.6. The monoisotopic (exact) mass is 1390 g/mol. The van der Waals surface area contributed by atoms with E-state index in [9.17, 15) is 43.2 Å². The SMILES string of the molecule is C.C.C.C.C.C.C.C.C.C.C.C.C.CCC(=O)NC(CC)C(NC)C(=O)CC(CCCCN)C(C)=O.CCCCO.CCCCOC(=O)NCCCCC(CC(=O)C(NC)C(CCC)NC(=O)CC)C(C)=O.CCCCOC(=O)n1ccnc1.CCCCOC(=O)n1ccnc1. The molecule has 3 amide bonds. The molecule has 0 aromatic carbocycles. The number of carbonyl (C=O) groups is 9. The van der Waals surface area contributed by atoms with Crippen molar-refractivity contribution in [1.29, 1.82) is 0 Å². The summed E-state index contributed by atoms with van der Waals surface area (Å²) in [5.41, 5.74) is 5.48. The topological polar surface area (TPSA) is 323 Å². The highest BCUT2D eigenvalue weighted by Crippen LogP contribution is 2.19. The van der Waals surface area contributed by atoms with E-state index < -0.39 is 18.2 Å². The lowest BCUT2D eigenvalue weighted by molar-refractivity contribution is -0.129. The Kier molecular flexibility index (Phi) is 121. The Labute approximate surface area is 592 Å². The highest BCUT2D eigenvalue weighted by molar-refractivity contribution is 5.91. The molecule has 2 aromatic heterocycles. The number of hydrogen-bond acceptors (Lipinski definition) is 18. The average Bonchev–Trinajstić information content (AvgIpc) is 2.71. The Morgan fingerprint density at radius 3 is 1.14 bits per heavy atom. The van der Waals surface area contributed by atoms with Crippen LogP contribution in [0.5, 0.6) is 0 Å².